The summed E-state index contributed by atoms with van der Waals surface area (Å²) >= 11 is 0. The van der Waals surface area contributed by atoms with Crippen molar-refractivity contribution in [2.75, 3.05) is 6.54 Å². The maximum atomic E-state index is 11.2. The van der Waals surface area contributed by atoms with Crippen LogP contribution in [-0.2, 0) is 11.3 Å². The van der Waals surface area contributed by atoms with Gasteiger partial charge in [-0.2, -0.15) is 0 Å². The standard InChI is InChI=1S/C9H13N3O5/c13-7(8(14)15)1-3-10-9(16)11-5-6-2-4-17-12-6/h2,4,7,13H,1,3,5H2,(H,14,15)(H2,10,11,16). The number of hydrogen-bond donors (Lipinski definition) is 4. The van der Waals surface area contributed by atoms with Crippen molar-refractivity contribution < 1.29 is 24.3 Å². The Hall–Kier alpha value is -2.09. The lowest BCUT2D eigenvalue weighted by atomic mass is 10.2. The fourth-order valence-corrected chi connectivity index (χ4v) is 1.01. The van der Waals surface area contributed by atoms with Crippen molar-refractivity contribution in [3.05, 3.63) is 18.0 Å². The molecule has 0 saturated heterocycles. The van der Waals surface area contributed by atoms with E-state index in [0.717, 1.165) is 0 Å². The van der Waals surface area contributed by atoms with Crippen LogP contribution in [0.2, 0.25) is 0 Å². The fourth-order valence-electron chi connectivity index (χ4n) is 1.01. The number of aliphatic hydroxyl groups excluding tert-OH is 1. The van der Waals surface area contributed by atoms with Gasteiger partial charge in [-0.15, -0.1) is 0 Å². The molecule has 4 N–H and O–H groups in total. The van der Waals surface area contributed by atoms with E-state index >= 15 is 0 Å². The maximum Gasteiger partial charge on any atom is 0.332 e. The first-order valence-electron chi connectivity index (χ1n) is 4.91. The maximum absolute atomic E-state index is 11.2. The van der Waals surface area contributed by atoms with E-state index in [2.05, 4.69) is 20.3 Å². The molecule has 0 fully saturated rings. The Morgan fingerprint density at radius 2 is 2.24 bits per heavy atom. The number of carboxylic acids is 1. The van der Waals surface area contributed by atoms with Gasteiger partial charge < -0.3 is 25.4 Å². The van der Waals surface area contributed by atoms with Crippen molar-refractivity contribution in [3.63, 3.8) is 0 Å². The Labute approximate surface area is 96.6 Å². The van der Waals surface area contributed by atoms with Gasteiger partial charge in [-0.3, -0.25) is 0 Å². The molecule has 1 atom stereocenters. The van der Waals surface area contributed by atoms with E-state index in [0.29, 0.717) is 5.69 Å². The van der Waals surface area contributed by atoms with Crippen LogP contribution in [0, 0.1) is 0 Å². The Bertz CT molecular complexity index is 365. The molecular weight excluding hydrogens is 230 g/mol. The number of amides is 2. The lowest BCUT2D eigenvalue weighted by molar-refractivity contribution is -0.146. The number of hydrogen-bond acceptors (Lipinski definition) is 5. The predicted molar refractivity (Wildman–Crippen MR) is 55.0 cm³/mol. The Balaban J connectivity index is 2.11. The van der Waals surface area contributed by atoms with E-state index in [1.54, 1.807) is 6.07 Å². The van der Waals surface area contributed by atoms with Gasteiger partial charge in [0, 0.05) is 19.0 Å². The number of aliphatic carboxylic acids is 1. The number of nitrogens with one attached hydrogen (secondary N) is 2. The Morgan fingerprint density at radius 1 is 1.47 bits per heavy atom. The van der Waals surface area contributed by atoms with Crippen LogP contribution in [0.5, 0.6) is 0 Å². The van der Waals surface area contributed by atoms with Crippen LogP contribution < -0.4 is 10.6 Å². The third-order valence-corrected chi connectivity index (χ3v) is 1.91. The molecule has 8 heteroatoms. The van der Waals surface area contributed by atoms with Crippen LogP contribution in [0.1, 0.15) is 12.1 Å². The molecule has 1 heterocycles. The molecule has 8 nitrogen and oxygen atoms in total. The number of carbonyl (C=O) groups excluding carboxylic acids is 1. The zero-order valence-electron chi connectivity index (χ0n) is 8.92. The number of carboxylic acid groups (broad SMARTS) is 1. The molecule has 17 heavy (non-hydrogen) atoms. The second kappa shape index (κ2) is 6.48. The van der Waals surface area contributed by atoms with Crippen LogP contribution in [0.3, 0.4) is 0 Å². The van der Waals surface area contributed by atoms with Crippen molar-refractivity contribution in [3.8, 4) is 0 Å². The van der Waals surface area contributed by atoms with E-state index in [4.69, 9.17) is 10.2 Å². The third-order valence-electron chi connectivity index (χ3n) is 1.91. The van der Waals surface area contributed by atoms with Gasteiger partial charge in [0.05, 0.1) is 6.54 Å². The SMILES string of the molecule is O=C(NCCC(O)C(=O)O)NCc1ccon1. The molecule has 0 bridgehead atoms. The summed E-state index contributed by atoms with van der Waals surface area (Å²) in [6, 6.07) is 1.14. The number of carbonyl (C=O) groups is 2. The van der Waals surface area contributed by atoms with Crippen molar-refractivity contribution in [1.29, 1.82) is 0 Å². The predicted octanol–water partition coefficient (Wildman–Crippen LogP) is -0.691. The highest BCUT2D eigenvalue weighted by Gasteiger charge is 2.12. The molecular formula is C9H13N3O5. The first-order valence-corrected chi connectivity index (χ1v) is 4.91. The van der Waals surface area contributed by atoms with Crippen LogP contribution in [-0.4, -0.2) is 40.0 Å². The Kier molecular flexibility index (Phi) is 4.95. The smallest absolute Gasteiger partial charge is 0.332 e. The zero-order valence-corrected chi connectivity index (χ0v) is 8.92. The van der Waals surface area contributed by atoms with Crippen LogP contribution >= 0.6 is 0 Å². The van der Waals surface area contributed by atoms with Crippen LogP contribution in [0.15, 0.2) is 16.9 Å². The number of aliphatic hydroxyl groups is 1. The topological polar surface area (TPSA) is 125 Å². The van der Waals surface area contributed by atoms with E-state index in [1.165, 1.54) is 6.26 Å². The molecule has 94 valence electrons. The average Bonchev–Trinajstić information content (AvgIpc) is 2.78. The summed E-state index contributed by atoms with van der Waals surface area (Å²) in [5.74, 6) is -1.31. The molecule has 0 radical (unpaired) electrons. The Morgan fingerprint density at radius 3 is 2.82 bits per heavy atom. The zero-order chi connectivity index (χ0) is 12.7. The van der Waals surface area contributed by atoms with Gasteiger partial charge in [0.15, 0.2) is 6.10 Å². The molecule has 0 aromatic carbocycles. The van der Waals surface area contributed by atoms with Crippen molar-refractivity contribution >= 4 is 12.0 Å². The molecule has 2 amide bonds. The fraction of sp³-hybridized carbons (Fsp3) is 0.444. The largest absolute Gasteiger partial charge is 0.479 e. The lowest BCUT2D eigenvalue weighted by Crippen LogP contribution is -2.37. The summed E-state index contributed by atoms with van der Waals surface area (Å²) in [5.41, 5.74) is 0.575. The highest BCUT2D eigenvalue weighted by molar-refractivity contribution is 5.74. The van der Waals surface area contributed by atoms with Gasteiger partial charge in [-0.05, 0) is 0 Å². The highest BCUT2D eigenvalue weighted by atomic mass is 16.5. The summed E-state index contributed by atoms with van der Waals surface area (Å²) < 4.78 is 4.57. The number of rotatable bonds is 6. The molecule has 1 aromatic rings. The van der Waals surface area contributed by atoms with Crippen molar-refractivity contribution in [1.82, 2.24) is 15.8 Å². The van der Waals surface area contributed by atoms with Gasteiger partial charge in [0.2, 0.25) is 0 Å². The van der Waals surface area contributed by atoms with Crippen LogP contribution in [0.4, 0.5) is 4.79 Å². The monoisotopic (exact) mass is 243 g/mol. The first-order chi connectivity index (χ1) is 8.09. The number of urea groups is 1. The summed E-state index contributed by atoms with van der Waals surface area (Å²) in [7, 11) is 0. The second-order valence-corrected chi connectivity index (χ2v) is 3.24. The van der Waals surface area contributed by atoms with Gasteiger partial charge in [0.1, 0.15) is 12.0 Å². The number of nitrogens with zero attached hydrogens (tertiary/aromatic N) is 1. The molecule has 1 aromatic heterocycles. The van der Waals surface area contributed by atoms with Crippen LogP contribution in [0.25, 0.3) is 0 Å². The second-order valence-electron chi connectivity index (χ2n) is 3.24. The normalized spacial score (nSPS) is 11.8. The molecule has 0 aliphatic carbocycles. The quantitative estimate of drug-likeness (QED) is 0.524. The van der Waals surface area contributed by atoms with Crippen molar-refractivity contribution in [2.45, 2.75) is 19.1 Å². The summed E-state index contributed by atoms with van der Waals surface area (Å²) in [6.45, 7) is 0.280. The first kappa shape index (κ1) is 13.0. The third kappa shape index (κ3) is 4.98. The van der Waals surface area contributed by atoms with E-state index in [-0.39, 0.29) is 19.5 Å². The number of aromatic nitrogens is 1. The van der Waals surface area contributed by atoms with E-state index < -0.39 is 18.1 Å². The van der Waals surface area contributed by atoms with E-state index in [9.17, 15) is 9.59 Å². The molecule has 0 aliphatic rings. The minimum atomic E-state index is -1.47. The summed E-state index contributed by atoms with van der Waals surface area (Å²) in [4.78, 5) is 21.4. The minimum Gasteiger partial charge on any atom is -0.479 e. The molecule has 0 aliphatic heterocycles. The lowest BCUT2D eigenvalue weighted by Gasteiger charge is -2.07. The van der Waals surface area contributed by atoms with Crippen molar-refractivity contribution in [2.24, 2.45) is 0 Å². The molecule has 1 rings (SSSR count). The van der Waals surface area contributed by atoms with E-state index in [1.807, 2.05) is 0 Å². The molecule has 0 saturated carbocycles. The summed E-state index contributed by atoms with van der Waals surface area (Å²) in [5, 5.41) is 25.8. The summed E-state index contributed by atoms with van der Waals surface area (Å²) in [6.07, 6.45) is -0.129. The highest BCUT2D eigenvalue weighted by Crippen LogP contribution is 1.93. The van der Waals surface area contributed by atoms with Gasteiger partial charge in [0.25, 0.3) is 0 Å². The minimum absolute atomic E-state index is 0.0489. The van der Waals surface area contributed by atoms with Gasteiger partial charge >= 0.3 is 12.0 Å². The van der Waals surface area contributed by atoms with Gasteiger partial charge in [-0.25, -0.2) is 9.59 Å². The molecule has 1 unspecified atom stereocenters. The average molecular weight is 243 g/mol. The van der Waals surface area contributed by atoms with Gasteiger partial charge in [-0.1, -0.05) is 5.16 Å². The molecule has 0 spiro atoms.